The standard InChI is InChI=1S/C11H14Cl2N2.ClH/c12-8-5-15-6-9(13)10(8)11(14)7-3-1-2-4-7;/h5-7,11H,1-4,14H2;1H/t11-;/m1./s1. The molecule has 2 nitrogen and oxygen atoms in total. The smallest absolute Gasteiger partial charge is 0.0652 e. The molecule has 90 valence electrons. The van der Waals surface area contributed by atoms with E-state index >= 15 is 0 Å². The quantitative estimate of drug-likeness (QED) is 0.890. The summed E-state index contributed by atoms with van der Waals surface area (Å²) < 4.78 is 0. The molecular formula is C11H15Cl3N2. The van der Waals surface area contributed by atoms with Crippen LogP contribution in [0.2, 0.25) is 10.0 Å². The van der Waals surface area contributed by atoms with Crippen LogP contribution >= 0.6 is 35.6 Å². The van der Waals surface area contributed by atoms with Gasteiger partial charge in [-0.1, -0.05) is 36.0 Å². The molecule has 0 saturated heterocycles. The van der Waals surface area contributed by atoms with Gasteiger partial charge in [0.1, 0.15) is 0 Å². The minimum Gasteiger partial charge on any atom is -0.324 e. The number of halogens is 3. The molecule has 0 unspecified atom stereocenters. The Hall–Kier alpha value is -0.0200. The second-order valence-electron chi connectivity index (χ2n) is 4.09. The van der Waals surface area contributed by atoms with E-state index in [1.54, 1.807) is 12.4 Å². The summed E-state index contributed by atoms with van der Waals surface area (Å²) in [5, 5.41) is 1.17. The van der Waals surface area contributed by atoms with E-state index in [9.17, 15) is 0 Å². The van der Waals surface area contributed by atoms with Crippen molar-refractivity contribution in [3.05, 3.63) is 28.0 Å². The Morgan fingerprint density at radius 1 is 1.19 bits per heavy atom. The summed E-state index contributed by atoms with van der Waals surface area (Å²) in [4.78, 5) is 3.93. The highest BCUT2D eigenvalue weighted by Gasteiger charge is 2.26. The van der Waals surface area contributed by atoms with Crippen LogP contribution in [-0.2, 0) is 0 Å². The third-order valence-electron chi connectivity index (χ3n) is 3.13. The fourth-order valence-electron chi connectivity index (χ4n) is 2.29. The third kappa shape index (κ3) is 2.80. The second-order valence-corrected chi connectivity index (χ2v) is 4.90. The normalized spacial score (nSPS) is 18.2. The fraction of sp³-hybridized carbons (Fsp3) is 0.545. The van der Waals surface area contributed by atoms with Gasteiger partial charge in [0.25, 0.3) is 0 Å². The van der Waals surface area contributed by atoms with E-state index in [1.807, 2.05) is 0 Å². The number of nitrogens with zero attached hydrogens (tertiary/aromatic N) is 1. The summed E-state index contributed by atoms with van der Waals surface area (Å²) in [6.07, 6.45) is 8.10. The van der Waals surface area contributed by atoms with Gasteiger partial charge >= 0.3 is 0 Å². The van der Waals surface area contributed by atoms with Crippen molar-refractivity contribution in [1.29, 1.82) is 0 Å². The Morgan fingerprint density at radius 2 is 1.69 bits per heavy atom. The van der Waals surface area contributed by atoms with Gasteiger partial charge in [-0.2, -0.15) is 0 Å². The predicted molar refractivity (Wildman–Crippen MR) is 70.4 cm³/mol. The van der Waals surface area contributed by atoms with Crippen LogP contribution in [0.25, 0.3) is 0 Å². The second kappa shape index (κ2) is 6.06. The van der Waals surface area contributed by atoms with Crippen LogP contribution < -0.4 is 5.73 Å². The van der Waals surface area contributed by atoms with Crippen LogP contribution in [0.1, 0.15) is 37.3 Å². The van der Waals surface area contributed by atoms with Gasteiger partial charge in [0.05, 0.1) is 10.0 Å². The number of rotatable bonds is 2. The lowest BCUT2D eigenvalue weighted by molar-refractivity contribution is 0.445. The zero-order valence-corrected chi connectivity index (χ0v) is 11.2. The summed E-state index contributed by atoms with van der Waals surface area (Å²) in [5.74, 6) is 0.516. The van der Waals surface area contributed by atoms with Crippen molar-refractivity contribution < 1.29 is 0 Å². The molecule has 16 heavy (non-hydrogen) atoms. The maximum atomic E-state index is 6.21. The van der Waals surface area contributed by atoms with Crippen LogP contribution in [0.15, 0.2) is 12.4 Å². The van der Waals surface area contributed by atoms with E-state index in [0.29, 0.717) is 16.0 Å². The average molecular weight is 282 g/mol. The Kier molecular flexibility index (Phi) is 5.32. The van der Waals surface area contributed by atoms with Crippen LogP contribution in [0.4, 0.5) is 0 Å². The molecule has 0 bridgehead atoms. The monoisotopic (exact) mass is 280 g/mol. The molecule has 2 N–H and O–H groups in total. The average Bonchev–Trinajstić information content (AvgIpc) is 2.69. The van der Waals surface area contributed by atoms with Gasteiger partial charge in [-0.15, -0.1) is 12.4 Å². The van der Waals surface area contributed by atoms with Crippen molar-refractivity contribution in [3.8, 4) is 0 Å². The van der Waals surface area contributed by atoms with Gasteiger partial charge < -0.3 is 5.73 Å². The van der Waals surface area contributed by atoms with Gasteiger partial charge in [-0.25, -0.2) is 0 Å². The zero-order valence-electron chi connectivity index (χ0n) is 8.83. The molecule has 0 spiro atoms. The van der Waals surface area contributed by atoms with Crippen molar-refractivity contribution in [3.63, 3.8) is 0 Å². The number of hydrogen-bond donors (Lipinski definition) is 1. The Bertz CT molecular complexity index is 331. The lowest BCUT2D eigenvalue weighted by atomic mass is 9.93. The first-order valence-electron chi connectivity index (χ1n) is 5.24. The van der Waals surface area contributed by atoms with E-state index < -0.39 is 0 Å². The van der Waals surface area contributed by atoms with E-state index in [4.69, 9.17) is 28.9 Å². The molecule has 1 aromatic heterocycles. The topological polar surface area (TPSA) is 38.9 Å². The number of pyridine rings is 1. The highest BCUT2D eigenvalue weighted by molar-refractivity contribution is 6.35. The van der Waals surface area contributed by atoms with E-state index in [1.165, 1.54) is 25.7 Å². The van der Waals surface area contributed by atoms with Crippen molar-refractivity contribution in [2.24, 2.45) is 11.7 Å². The summed E-state index contributed by atoms with van der Waals surface area (Å²) in [6, 6.07) is -0.0458. The molecule has 0 radical (unpaired) electrons. The maximum absolute atomic E-state index is 6.21. The van der Waals surface area contributed by atoms with E-state index in [2.05, 4.69) is 4.98 Å². The highest BCUT2D eigenvalue weighted by atomic mass is 35.5. The number of aromatic nitrogens is 1. The van der Waals surface area contributed by atoms with Crippen molar-refractivity contribution in [2.45, 2.75) is 31.7 Å². The van der Waals surface area contributed by atoms with Crippen molar-refractivity contribution in [2.75, 3.05) is 0 Å². The molecule has 1 atom stereocenters. The van der Waals surface area contributed by atoms with Gasteiger partial charge in [0, 0.05) is 24.0 Å². The zero-order chi connectivity index (χ0) is 10.8. The Morgan fingerprint density at radius 3 is 2.19 bits per heavy atom. The first-order valence-corrected chi connectivity index (χ1v) is 6.00. The van der Waals surface area contributed by atoms with Crippen LogP contribution in [0, 0.1) is 5.92 Å². The van der Waals surface area contributed by atoms with E-state index in [-0.39, 0.29) is 18.4 Å². The molecule has 0 aliphatic heterocycles. The summed E-state index contributed by atoms with van der Waals surface area (Å²) >= 11 is 12.2. The molecule has 2 rings (SSSR count). The summed E-state index contributed by atoms with van der Waals surface area (Å²) in [7, 11) is 0. The number of nitrogens with two attached hydrogens (primary N) is 1. The van der Waals surface area contributed by atoms with Crippen LogP contribution in [0.5, 0.6) is 0 Å². The summed E-state index contributed by atoms with van der Waals surface area (Å²) in [5.41, 5.74) is 7.07. The van der Waals surface area contributed by atoms with Gasteiger partial charge in [0.15, 0.2) is 0 Å². The first kappa shape index (κ1) is 14.0. The molecule has 1 fully saturated rings. The lowest BCUT2D eigenvalue weighted by Gasteiger charge is -2.21. The molecule has 0 aromatic carbocycles. The molecule has 1 aliphatic carbocycles. The largest absolute Gasteiger partial charge is 0.324 e. The van der Waals surface area contributed by atoms with E-state index in [0.717, 1.165) is 5.56 Å². The van der Waals surface area contributed by atoms with Gasteiger partial charge in [-0.05, 0) is 18.8 Å². The molecule has 1 saturated carbocycles. The van der Waals surface area contributed by atoms with Crippen molar-refractivity contribution in [1.82, 2.24) is 4.98 Å². The maximum Gasteiger partial charge on any atom is 0.0652 e. The third-order valence-corrected chi connectivity index (χ3v) is 3.73. The molecule has 0 amide bonds. The van der Waals surface area contributed by atoms with Gasteiger partial charge in [0.2, 0.25) is 0 Å². The molecule has 1 heterocycles. The summed E-state index contributed by atoms with van der Waals surface area (Å²) in [6.45, 7) is 0. The molecule has 1 aromatic rings. The molecular weight excluding hydrogens is 266 g/mol. The van der Waals surface area contributed by atoms with Crippen LogP contribution in [0.3, 0.4) is 0 Å². The van der Waals surface area contributed by atoms with Crippen LogP contribution in [-0.4, -0.2) is 4.98 Å². The highest BCUT2D eigenvalue weighted by Crippen LogP contribution is 2.38. The minimum atomic E-state index is -0.0458. The lowest BCUT2D eigenvalue weighted by Crippen LogP contribution is -2.20. The van der Waals surface area contributed by atoms with Crippen molar-refractivity contribution >= 4 is 35.6 Å². The SMILES string of the molecule is Cl.N[C@@H](c1c(Cl)cncc1Cl)C1CCCC1. The Balaban J connectivity index is 0.00000128. The number of hydrogen-bond acceptors (Lipinski definition) is 2. The van der Waals surface area contributed by atoms with Gasteiger partial charge in [-0.3, -0.25) is 4.98 Å². The first-order chi connectivity index (χ1) is 7.20. The molecule has 1 aliphatic rings. The minimum absolute atomic E-state index is 0. The predicted octanol–water partition coefficient (Wildman–Crippen LogP) is 4.00. The Labute approximate surface area is 112 Å². The molecule has 5 heteroatoms. The fourth-order valence-corrected chi connectivity index (χ4v) is 2.91.